The molecule has 0 fully saturated rings. The van der Waals surface area contributed by atoms with E-state index < -0.39 is 0 Å². The minimum absolute atomic E-state index is 0.555. The van der Waals surface area contributed by atoms with Crippen LogP contribution in [0.1, 0.15) is 18.1 Å². The molecule has 0 aliphatic rings. The Morgan fingerprint density at radius 1 is 1.22 bits per heavy atom. The maximum Gasteiger partial charge on any atom is 0.134 e. The SMILES string of the molecule is CCc1c(N)ncnc1NCCc1ccncc1. The van der Waals surface area contributed by atoms with Crippen LogP contribution in [0.3, 0.4) is 0 Å². The molecular formula is C13H17N5. The summed E-state index contributed by atoms with van der Waals surface area (Å²) >= 11 is 0. The number of pyridine rings is 1. The van der Waals surface area contributed by atoms with Crippen molar-refractivity contribution >= 4 is 11.6 Å². The van der Waals surface area contributed by atoms with Gasteiger partial charge in [0.15, 0.2) is 0 Å². The van der Waals surface area contributed by atoms with Gasteiger partial charge in [-0.15, -0.1) is 0 Å². The Bertz CT molecular complexity index is 498. The van der Waals surface area contributed by atoms with E-state index in [1.807, 2.05) is 19.1 Å². The second kappa shape index (κ2) is 5.95. The number of nitrogens with one attached hydrogen (secondary N) is 1. The summed E-state index contributed by atoms with van der Waals surface area (Å²) in [6.45, 7) is 2.86. The van der Waals surface area contributed by atoms with Gasteiger partial charge in [-0.3, -0.25) is 4.98 Å². The minimum atomic E-state index is 0.555. The van der Waals surface area contributed by atoms with Crippen LogP contribution in [-0.2, 0) is 12.8 Å². The molecule has 0 radical (unpaired) electrons. The maximum absolute atomic E-state index is 5.82. The molecule has 18 heavy (non-hydrogen) atoms. The molecule has 5 nitrogen and oxygen atoms in total. The largest absolute Gasteiger partial charge is 0.383 e. The van der Waals surface area contributed by atoms with E-state index in [1.54, 1.807) is 12.4 Å². The predicted octanol–water partition coefficient (Wildman–Crippen LogP) is 1.67. The number of hydrogen-bond donors (Lipinski definition) is 2. The fraction of sp³-hybridized carbons (Fsp3) is 0.308. The van der Waals surface area contributed by atoms with Crippen molar-refractivity contribution < 1.29 is 0 Å². The van der Waals surface area contributed by atoms with Crippen LogP contribution in [0.4, 0.5) is 11.6 Å². The second-order valence-corrected chi connectivity index (χ2v) is 3.97. The Labute approximate surface area is 106 Å². The highest BCUT2D eigenvalue weighted by molar-refractivity contribution is 5.54. The van der Waals surface area contributed by atoms with Gasteiger partial charge in [-0.05, 0) is 30.5 Å². The molecule has 0 aliphatic heterocycles. The lowest BCUT2D eigenvalue weighted by Gasteiger charge is -2.10. The first-order valence-electron chi connectivity index (χ1n) is 6.03. The number of nitrogens with zero attached hydrogens (tertiary/aromatic N) is 3. The highest BCUT2D eigenvalue weighted by Crippen LogP contribution is 2.17. The molecule has 0 saturated heterocycles. The van der Waals surface area contributed by atoms with Gasteiger partial charge in [0.25, 0.3) is 0 Å². The molecule has 0 unspecified atom stereocenters. The van der Waals surface area contributed by atoms with Gasteiger partial charge in [0.1, 0.15) is 18.0 Å². The molecule has 5 heteroatoms. The number of nitrogen functional groups attached to an aromatic ring is 1. The third-order valence-electron chi connectivity index (χ3n) is 2.79. The Balaban J connectivity index is 1.96. The molecule has 2 heterocycles. The quantitative estimate of drug-likeness (QED) is 0.835. The third kappa shape index (κ3) is 2.94. The van der Waals surface area contributed by atoms with E-state index in [2.05, 4.69) is 20.3 Å². The van der Waals surface area contributed by atoms with E-state index >= 15 is 0 Å². The molecule has 0 spiro atoms. The fourth-order valence-corrected chi connectivity index (χ4v) is 1.80. The zero-order valence-electron chi connectivity index (χ0n) is 10.4. The summed E-state index contributed by atoms with van der Waals surface area (Å²) in [5.41, 5.74) is 8.04. The third-order valence-corrected chi connectivity index (χ3v) is 2.79. The van der Waals surface area contributed by atoms with Gasteiger partial charge >= 0.3 is 0 Å². The van der Waals surface area contributed by atoms with Crippen molar-refractivity contribution in [3.63, 3.8) is 0 Å². The van der Waals surface area contributed by atoms with Crippen molar-refractivity contribution in [2.24, 2.45) is 0 Å². The van der Waals surface area contributed by atoms with E-state index in [0.29, 0.717) is 5.82 Å². The average Bonchev–Trinajstić information content (AvgIpc) is 2.40. The Hall–Kier alpha value is -2.17. The lowest BCUT2D eigenvalue weighted by Crippen LogP contribution is -2.10. The molecule has 0 bridgehead atoms. The zero-order valence-corrected chi connectivity index (χ0v) is 10.4. The van der Waals surface area contributed by atoms with Gasteiger partial charge in [0, 0.05) is 24.5 Å². The van der Waals surface area contributed by atoms with E-state index in [4.69, 9.17) is 5.73 Å². The molecule has 3 N–H and O–H groups in total. The van der Waals surface area contributed by atoms with Gasteiger partial charge in [-0.25, -0.2) is 9.97 Å². The number of hydrogen-bond acceptors (Lipinski definition) is 5. The van der Waals surface area contributed by atoms with Crippen LogP contribution in [0.5, 0.6) is 0 Å². The monoisotopic (exact) mass is 243 g/mol. The maximum atomic E-state index is 5.82. The van der Waals surface area contributed by atoms with Crippen molar-refractivity contribution in [3.05, 3.63) is 42.0 Å². The lowest BCUT2D eigenvalue weighted by atomic mass is 10.2. The van der Waals surface area contributed by atoms with Crippen molar-refractivity contribution in [1.82, 2.24) is 15.0 Å². The lowest BCUT2D eigenvalue weighted by molar-refractivity contribution is 0.973. The summed E-state index contributed by atoms with van der Waals surface area (Å²) in [4.78, 5) is 12.2. The molecule has 0 saturated carbocycles. The highest BCUT2D eigenvalue weighted by Gasteiger charge is 2.06. The smallest absolute Gasteiger partial charge is 0.134 e. The summed E-state index contributed by atoms with van der Waals surface area (Å²) in [6.07, 6.45) is 6.84. The van der Waals surface area contributed by atoms with Crippen LogP contribution in [-0.4, -0.2) is 21.5 Å². The van der Waals surface area contributed by atoms with Crippen LogP contribution >= 0.6 is 0 Å². The van der Waals surface area contributed by atoms with Crippen molar-refractivity contribution in [1.29, 1.82) is 0 Å². The van der Waals surface area contributed by atoms with Gasteiger partial charge in [0.05, 0.1) is 0 Å². The number of rotatable bonds is 5. The molecule has 0 aliphatic carbocycles. The van der Waals surface area contributed by atoms with E-state index in [9.17, 15) is 0 Å². The van der Waals surface area contributed by atoms with Crippen molar-refractivity contribution in [2.75, 3.05) is 17.6 Å². The summed E-state index contributed by atoms with van der Waals surface area (Å²) < 4.78 is 0. The summed E-state index contributed by atoms with van der Waals surface area (Å²) in [6, 6.07) is 4.02. The first-order valence-corrected chi connectivity index (χ1v) is 6.03. The van der Waals surface area contributed by atoms with E-state index in [0.717, 1.165) is 30.8 Å². The fourth-order valence-electron chi connectivity index (χ4n) is 1.80. The molecule has 2 aromatic heterocycles. The number of aromatic nitrogens is 3. The highest BCUT2D eigenvalue weighted by atomic mass is 15.0. The van der Waals surface area contributed by atoms with Gasteiger partial charge in [-0.1, -0.05) is 6.92 Å². The minimum Gasteiger partial charge on any atom is -0.383 e. The Morgan fingerprint density at radius 3 is 2.72 bits per heavy atom. The van der Waals surface area contributed by atoms with Gasteiger partial charge in [-0.2, -0.15) is 0 Å². The molecule has 2 aromatic rings. The van der Waals surface area contributed by atoms with E-state index in [-0.39, 0.29) is 0 Å². The number of anilines is 2. The summed E-state index contributed by atoms with van der Waals surface area (Å²) in [7, 11) is 0. The second-order valence-electron chi connectivity index (χ2n) is 3.97. The summed E-state index contributed by atoms with van der Waals surface area (Å²) in [5.74, 6) is 1.39. The van der Waals surface area contributed by atoms with Crippen LogP contribution < -0.4 is 11.1 Å². The molecule has 0 aromatic carbocycles. The summed E-state index contributed by atoms with van der Waals surface area (Å²) in [5, 5.41) is 3.30. The Morgan fingerprint density at radius 2 is 2.00 bits per heavy atom. The molecule has 2 rings (SSSR count). The Kier molecular flexibility index (Phi) is 4.06. The standard InChI is InChI=1S/C13H17N5/c1-2-11-12(14)17-9-18-13(11)16-8-5-10-3-6-15-7-4-10/h3-4,6-7,9H,2,5,8H2,1H3,(H3,14,16,17,18). The first kappa shape index (κ1) is 12.3. The van der Waals surface area contributed by atoms with Crippen LogP contribution in [0.25, 0.3) is 0 Å². The zero-order chi connectivity index (χ0) is 12.8. The topological polar surface area (TPSA) is 76.7 Å². The predicted molar refractivity (Wildman–Crippen MR) is 72.3 cm³/mol. The molecule has 0 atom stereocenters. The van der Waals surface area contributed by atoms with Crippen LogP contribution in [0.15, 0.2) is 30.9 Å². The van der Waals surface area contributed by atoms with Crippen LogP contribution in [0.2, 0.25) is 0 Å². The first-order chi connectivity index (χ1) is 8.81. The average molecular weight is 243 g/mol. The van der Waals surface area contributed by atoms with Gasteiger partial charge < -0.3 is 11.1 Å². The molecular weight excluding hydrogens is 226 g/mol. The number of nitrogens with two attached hydrogens (primary N) is 1. The van der Waals surface area contributed by atoms with Crippen molar-refractivity contribution in [2.45, 2.75) is 19.8 Å². The van der Waals surface area contributed by atoms with Crippen LogP contribution in [0, 0.1) is 0 Å². The molecule has 0 amide bonds. The van der Waals surface area contributed by atoms with Gasteiger partial charge in [0.2, 0.25) is 0 Å². The normalized spacial score (nSPS) is 10.3. The molecule has 94 valence electrons. The van der Waals surface area contributed by atoms with E-state index in [1.165, 1.54) is 11.9 Å². The van der Waals surface area contributed by atoms with Crippen molar-refractivity contribution in [3.8, 4) is 0 Å².